The summed E-state index contributed by atoms with van der Waals surface area (Å²) in [5, 5.41) is 18.7. The Morgan fingerprint density at radius 2 is 2.11 bits per heavy atom. The molecule has 0 aliphatic rings. The van der Waals surface area contributed by atoms with Crippen molar-refractivity contribution in [2.24, 2.45) is 0 Å². The smallest absolute Gasteiger partial charge is 0.347 e. The van der Waals surface area contributed by atoms with Gasteiger partial charge in [-0.15, -0.1) is 11.3 Å². The van der Waals surface area contributed by atoms with E-state index in [0.29, 0.717) is 23.5 Å². The molecular formula is C12H20N2O3S. The minimum Gasteiger partial charge on any atom is -0.477 e. The minimum absolute atomic E-state index is 0.135. The maximum Gasteiger partial charge on any atom is 0.347 e. The number of hydrogen-bond acceptors (Lipinski definition) is 5. The molecule has 0 bridgehead atoms. The van der Waals surface area contributed by atoms with Crippen LogP contribution in [0.1, 0.15) is 33.7 Å². The standard InChI is InChI=1S/C12H20N2O3S/c1-3-4-9-11(12(16)17)18-10(13-9)5-6-14(2)7-8-15/h15H,3-8H2,1-2H3,(H,16,17). The number of aryl methyl sites for hydroxylation is 1. The zero-order chi connectivity index (χ0) is 13.5. The molecule has 0 spiro atoms. The molecule has 1 aromatic heterocycles. The van der Waals surface area contributed by atoms with Gasteiger partial charge in [0.15, 0.2) is 0 Å². The molecule has 1 rings (SSSR count). The van der Waals surface area contributed by atoms with Crippen molar-refractivity contribution in [2.75, 3.05) is 26.7 Å². The van der Waals surface area contributed by atoms with Crippen LogP contribution >= 0.6 is 11.3 Å². The Balaban J connectivity index is 2.66. The number of aliphatic hydroxyl groups is 1. The van der Waals surface area contributed by atoms with E-state index in [4.69, 9.17) is 10.2 Å². The van der Waals surface area contributed by atoms with E-state index in [1.54, 1.807) is 0 Å². The molecule has 0 saturated heterocycles. The first-order chi connectivity index (χ1) is 8.58. The van der Waals surface area contributed by atoms with Crippen LogP contribution in [0.25, 0.3) is 0 Å². The lowest BCUT2D eigenvalue weighted by Crippen LogP contribution is -2.24. The highest BCUT2D eigenvalue weighted by Gasteiger charge is 2.16. The van der Waals surface area contributed by atoms with Gasteiger partial charge >= 0.3 is 5.97 Å². The second-order valence-corrected chi connectivity index (χ2v) is 5.30. The molecular weight excluding hydrogens is 252 g/mol. The largest absolute Gasteiger partial charge is 0.477 e. The van der Waals surface area contributed by atoms with Crippen LogP contribution < -0.4 is 0 Å². The maximum atomic E-state index is 11.1. The van der Waals surface area contributed by atoms with Gasteiger partial charge in [-0.25, -0.2) is 9.78 Å². The Hall–Kier alpha value is -0.980. The number of rotatable bonds is 8. The fourth-order valence-electron chi connectivity index (χ4n) is 1.65. The van der Waals surface area contributed by atoms with E-state index in [2.05, 4.69) is 4.98 Å². The van der Waals surface area contributed by atoms with Crippen LogP contribution in [0.5, 0.6) is 0 Å². The average molecular weight is 272 g/mol. The van der Waals surface area contributed by atoms with E-state index in [-0.39, 0.29) is 6.61 Å². The van der Waals surface area contributed by atoms with Crippen LogP contribution in [0.4, 0.5) is 0 Å². The summed E-state index contributed by atoms with van der Waals surface area (Å²) in [6.07, 6.45) is 2.34. The quantitative estimate of drug-likeness (QED) is 0.745. The first-order valence-electron chi connectivity index (χ1n) is 6.09. The Morgan fingerprint density at radius 3 is 2.67 bits per heavy atom. The van der Waals surface area contributed by atoms with Gasteiger partial charge in [0.2, 0.25) is 0 Å². The molecule has 0 aliphatic carbocycles. The van der Waals surface area contributed by atoms with Gasteiger partial charge in [0.1, 0.15) is 4.88 Å². The molecule has 1 heterocycles. The topological polar surface area (TPSA) is 73.7 Å². The SMILES string of the molecule is CCCc1nc(CCN(C)CCO)sc1C(=O)O. The Kier molecular flexibility index (Phi) is 6.24. The Bertz CT molecular complexity index is 393. The summed E-state index contributed by atoms with van der Waals surface area (Å²) in [4.78, 5) is 17.9. The summed E-state index contributed by atoms with van der Waals surface area (Å²) < 4.78 is 0. The van der Waals surface area contributed by atoms with Gasteiger partial charge in [-0.1, -0.05) is 13.3 Å². The lowest BCUT2D eigenvalue weighted by molar-refractivity contribution is 0.0700. The van der Waals surface area contributed by atoms with Gasteiger partial charge in [0, 0.05) is 19.5 Å². The maximum absolute atomic E-state index is 11.1. The first-order valence-corrected chi connectivity index (χ1v) is 6.91. The molecule has 1 aromatic rings. The minimum atomic E-state index is -0.883. The molecule has 0 fully saturated rings. The zero-order valence-electron chi connectivity index (χ0n) is 10.8. The molecule has 6 heteroatoms. The van der Waals surface area contributed by atoms with Gasteiger partial charge in [-0.2, -0.15) is 0 Å². The summed E-state index contributed by atoms with van der Waals surface area (Å²) in [6, 6.07) is 0. The van der Waals surface area contributed by atoms with E-state index in [0.717, 1.165) is 24.4 Å². The van der Waals surface area contributed by atoms with Crippen LogP contribution in [0.3, 0.4) is 0 Å². The molecule has 0 amide bonds. The Labute approximate surface area is 111 Å². The average Bonchev–Trinajstić information content (AvgIpc) is 2.71. The van der Waals surface area contributed by atoms with Crippen molar-refractivity contribution in [3.63, 3.8) is 0 Å². The number of aliphatic hydroxyl groups excluding tert-OH is 1. The van der Waals surface area contributed by atoms with Crippen molar-refractivity contribution < 1.29 is 15.0 Å². The molecule has 102 valence electrons. The van der Waals surface area contributed by atoms with Crippen molar-refractivity contribution in [3.8, 4) is 0 Å². The molecule has 0 unspecified atom stereocenters. The van der Waals surface area contributed by atoms with Gasteiger partial charge < -0.3 is 15.1 Å². The fourth-order valence-corrected chi connectivity index (χ4v) is 2.59. The second-order valence-electron chi connectivity index (χ2n) is 4.22. The van der Waals surface area contributed by atoms with Crippen LogP contribution in [0.2, 0.25) is 0 Å². The number of aromatic carboxylic acids is 1. The van der Waals surface area contributed by atoms with Crippen LogP contribution in [-0.2, 0) is 12.8 Å². The van der Waals surface area contributed by atoms with Crippen molar-refractivity contribution >= 4 is 17.3 Å². The predicted octanol–water partition coefficient (Wildman–Crippen LogP) is 1.26. The fraction of sp³-hybridized carbons (Fsp3) is 0.667. The molecule has 18 heavy (non-hydrogen) atoms. The summed E-state index contributed by atoms with van der Waals surface area (Å²) in [7, 11) is 1.93. The first kappa shape index (κ1) is 15.1. The third-order valence-corrected chi connectivity index (χ3v) is 3.76. The van der Waals surface area contributed by atoms with E-state index in [1.165, 1.54) is 11.3 Å². The predicted molar refractivity (Wildman–Crippen MR) is 71.4 cm³/mol. The van der Waals surface area contributed by atoms with Crippen molar-refractivity contribution in [2.45, 2.75) is 26.2 Å². The van der Waals surface area contributed by atoms with Crippen molar-refractivity contribution in [1.82, 2.24) is 9.88 Å². The Morgan fingerprint density at radius 1 is 1.39 bits per heavy atom. The summed E-state index contributed by atoms with van der Waals surface area (Å²) in [6.45, 7) is 3.55. The normalized spacial score (nSPS) is 11.1. The number of nitrogens with zero attached hydrogens (tertiary/aromatic N) is 2. The highest BCUT2D eigenvalue weighted by Crippen LogP contribution is 2.20. The van der Waals surface area contributed by atoms with Gasteiger partial charge in [0.25, 0.3) is 0 Å². The van der Waals surface area contributed by atoms with E-state index >= 15 is 0 Å². The summed E-state index contributed by atoms with van der Waals surface area (Å²) >= 11 is 1.27. The van der Waals surface area contributed by atoms with Crippen molar-refractivity contribution in [3.05, 3.63) is 15.6 Å². The molecule has 0 saturated carbocycles. The molecule has 5 nitrogen and oxygen atoms in total. The monoisotopic (exact) mass is 272 g/mol. The van der Waals surface area contributed by atoms with E-state index < -0.39 is 5.97 Å². The lowest BCUT2D eigenvalue weighted by atomic mass is 10.2. The summed E-state index contributed by atoms with van der Waals surface area (Å²) in [5.41, 5.74) is 0.704. The van der Waals surface area contributed by atoms with E-state index in [9.17, 15) is 4.79 Å². The van der Waals surface area contributed by atoms with Gasteiger partial charge in [-0.3, -0.25) is 0 Å². The molecule has 0 atom stereocenters. The molecule has 0 aliphatic heterocycles. The van der Waals surface area contributed by atoms with Crippen molar-refractivity contribution in [1.29, 1.82) is 0 Å². The lowest BCUT2D eigenvalue weighted by Gasteiger charge is -2.13. The highest BCUT2D eigenvalue weighted by molar-refractivity contribution is 7.13. The number of carbonyl (C=O) groups is 1. The van der Waals surface area contributed by atoms with Gasteiger partial charge in [0.05, 0.1) is 17.3 Å². The molecule has 2 N–H and O–H groups in total. The third-order valence-electron chi connectivity index (χ3n) is 2.61. The summed E-state index contributed by atoms with van der Waals surface area (Å²) in [5.74, 6) is -0.883. The van der Waals surface area contributed by atoms with Crippen LogP contribution in [-0.4, -0.2) is 52.8 Å². The number of thiazole rings is 1. The van der Waals surface area contributed by atoms with Crippen LogP contribution in [0.15, 0.2) is 0 Å². The van der Waals surface area contributed by atoms with E-state index in [1.807, 2.05) is 18.9 Å². The highest BCUT2D eigenvalue weighted by atomic mass is 32.1. The van der Waals surface area contributed by atoms with Gasteiger partial charge in [-0.05, 0) is 13.5 Å². The number of hydrogen-bond donors (Lipinski definition) is 2. The number of aromatic nitrogens is 1. The zero-order valence-corrected chi connectivity index (χ0v) is 11.7. The van der Waals surface area contributed by atoms with Crippen LogP contribution in [0, 0.1) is 0 Å². The number of carboxylic acids is 1. The second kappa shape index (κ2) is 7.45. The number of carboxylic acid groups (broad SMARTS) is 1. The molecule has 0 radical (unpaired) electrons. The third kappa shape index (κ3) is 4.36. The molecule has 0 aromatic carbocycles. The number of likely N-dealkylation sites (N-methyl/N-ethyl adjacent to an activating group) is 1.